The van der Waals surface area contributed by atoms with Crippen LogP contribution in [-0.2, 0) is 11.2 Å². The van der Waals surface area contributed by atoms with Crippen molar-refractivity contribution in [2.45, 2.75) is 6.42 Å². The fraction of sp³-hybridized carbons (Fsp3) is 0.133. The van der Waals surface area contributed by atoms with Gasteiger partial charge in [0.15, 0.2) is 5.78 Å². The highest BCUT2D eigenvalue weighted by molar-refractivity contribution is 6.33. The van der Waals surface area contributed by atoms with Gasteiger partial charge in [-0.2, -0.15) is 0 Å². The monoisotopic (exact) mass is 328 g/mol. The normalized spacial score (nSPS) is 10.3. The third kappa shape index (κ3) is 4.41. The molecule has 0 radical (unpaired) electrons. The van der Waals surface area contributed by atoms with Gasteiger partial charge in [-0.15, -0.1) is 0 Å². The smallest absolute Gasteiger partial charge is 0.174 e. The highest BCUT2D eigenvalue weighted by Crippen LogP contribution is 2.21. The Morgan fingerprint density at radius 2 is 1.75 bits per heavy atom. The van der Waals surface area contributed by atoms with E-state index in [1.807, 2.05) is 0 Å². The summed E-state index contributed by atoms with van der Waals surface area (Å²) in [4.78, 5) is 11.9. The number of carbonyl (C=O) groups excluding carboxylic acids is 1. The molecule has 0 amide bonds. The SMILES string of the molecule is O=C(COc1cccc(Cl)c1)Cc1cc(Cl)ccc1Cl. The molecule has 0 aliphatic rings. The maximum absolute atomic E-state index is 11.9. The van der Waals surface area contributed by atoms with Gasteiger partial charge in [0, 0.05) is 21.5 Å². The van der Waals surface area contributed by atoms with Crippen molar-refractivity contribution in [2.75, 3.05) is 6.61 Å². The topological polar surface area (TPSA) is 26.3 Å². The number of rotatable bonds is 5. The molecular formula is C15H11Cl3O2. The first-order valence-electron chi connectivity index (χ1n) is 5.88. The molecule has 0 atom stereocenters. The van der Waals surface area contributed by atoms with Crippen LogP contribution in [0.4, 0.5) is 0 Å². The van der Waals surface area contributed by atoms with Crippen molar-refractivity contribution >= 4 is 40.6 Å². The number of ether oxygens (including phenoxy) is 1. The predicted octanol–water partition coefficient (Wildman–Crippen LogP) is 4.84. The predicted molar refractivity (Wildman–Crippen MR) is 82.1 cm³/mol. The fourth-order valence-electron chi connectivity index (χ4n) is 1.66. The minimum Gasteiger partial charge on any atom is -0.486 e. The molecule has 0 aromatic heterocycles. The summed E-state index contributed by atoms with van der Waals surface area (Å²) in [6.45, 7) is -0.0385. The molecular weight excluding hydrogens is 319 g/mol. The molecule has 2 rings (SSSR count). The average molecular weight is 330 g/mol. The number of halogens is 3. The van der Waals surface area contributed by atoms with Crippen LogP contribution < -0.4 is 4.74 Å². The summed E-state index contributed by atoms with van der Waals surface area (Å²) in [6.07, 6.45) is 0.181. The number of ketones is 1. The minimum absolute atomic E-state index is 0.0385. The Kier molecular flexibility index (Phi) is 5.30. The quantitative estimate of drug-likeness (QED) is 0.785. The molecule has 0 saturated carbocycles. The summed E-state index contributed by atoms with van der Waals surface area (Å²) in [7, 11) is 0. The summed E-state index contributed by atoms with van der Waals surface area (Å²) in [5, 5.41) is 1.63. The van der Waals surface area contributed by atoms with Crippen molar-refractivity contribution in [2.24, 2.45) is 0 Å². The van der Waals surface area contributed by atoms with Gasteiger partial charge >= 0.3 is 0 Å². The second kappa shape index (κ2) is 6.98. The maximum Gasteiger partial charge on any atom is 0.174 e. The van der Waals surface area contributed by atoms with Gasteiger partial charge in [0.25, 0.3) is 0 Å². The zero-order valence-electron chi connectivity index (χ0n) is 10.4. The molecule has 0 bridgehead atoms. The lowest BCUT2D eigenvalue weighted by atomic mass is 10.1. The van der Waals surface area contributed by atoms with E-state index < -0.39 is 0 Å². The van der Waals surface area contributed by atoms with Gasteiger partial charge in [-0.25, -0.2) is 0 Å². The molecule has 0 unspecified atom stereocenters. The van der Waals surface area contributed by atoms with E-state index in [4.69, 9.17) is 39.5 Å². The molecule has 5 heteroatoms. The van der Waals surface area contributed by atoms with E-state index >= 15 is 0 Å². The van der Waals surface area contributed by atoms with E-state index in [9.17, 15) is 4.79 Å². The van der Waals surface area contributed by atoms with Crippen LogP contribution >= 0.6 is 34.8 Å². The molecule has 0 aliphatic carbocycles. The summed E-state index contributed by atoms with van der Waals surface area (Å²) in [5.41, 5.74) is 0.693. The molecule has 2 aromatic rings. The third-order valence-electron chi connectivity index (χ3n) is 2.59. The molecule has 0 heterocycles. The van der Waals surface area contributed by atoms with Gasteiger partial charge in [-0.3, -0.25) is 4.79 Å². The van der Waals surface area contributed by atoms with Crippen LogP contribution in [-0.4, -0.2) is 12.4 Å². The highest BCUT2D eigenvalue weighted by atomic mass is 35.5. The molecule has 0 fully saturated rings. The largest absolute Gasteiger partial charge is 0.486 e. The summed E-state index contributed by atoms with van der Waals surface area (Å²) >= 11 is 17.7. The van der Waals surface area contributed by atoms with Gasteiger partial charge in [-0.05, 0) is 42.0 Å². The highest BCUT2D eigenvalue weighted by Gasteiger charge is 2.09. The first-order chi connectivity index (χ1) is 9.54. The van der Waals surface area contributed by atoms with Gasteiger partial charge in [0.2, 0.25) is 0 Å². The van der Waals surface area contributed by atoms with Crippen LogP contribution in [0, 0.1) is 0 Å². The van der Waals surface area contributed by atoms with Crippen LogP contribution in [0.25, 0.3) is 0 Å². The molecule has 0 N–H and O–H groups in total. The number of carbonyl (C=O) groups is 1. The second-order valence-electron chi connectivity index (χ2n) is 4.20. The Bertz CT molecular complexity index is 626. The van der Waals surface area contributed by atoms with Crippen molar-refractivity contribution in [3.05, 3.63) is 63.1 Å². The first-order valence-corrected chi connectivity index (χ1v) is 7.02. The van der Waals surface area contributed by atoms with Gasteiger partial charge in [0.1, 0.15) is 12.4 Å². The molecule has 104 valence electrons. The Morgan fingerprint density at radius 3 is 2.50 bits per heavy atom. The van der Waals surface area contributed by atoms with Gasteiger partial charge in [-0.1, -0.05) is 40.9 Å². The van der Waals surface area contributed by atoms with Crippen molar-refractivity contribution in [1.29, 1.82) is 0 Å². The summed E-state index contributed by atoms with van der Waals surface area (Å²) in [6, 6.07) is 11.9. The molecule has 2 nitrogen and oxygen atoms in total. The summed E-state index contributed by atoms with van der Waals surface area (Å²) < 4.78 is 5.38. The van der Waals surface area contributed by atoms with E-state index in [2.05, 4.69) is 0 Å². The van der Waals surface area contributed by atoms with Crippen molar-refractivity contribution in [3.63, 3.8) is 0 Å². The second-order valence-corrected chi connectivity index (χ2v) is 5.48. The first kappa shape index (κ1) is 15.2. The van der Waals surface area contributed by atoms with Crippen LogP contribution in [0.15, 0.2) is 42.5 Å². The maximum atomic E-state index is 11.9. The lowest BCUT2D eigenvalue weighted by Crippen LogP contribution is -2.14. The van der Waals surface area contributed by atoms with Crippen LogP contribution in [0.5, 0.6) is 5.75 Å². The van der Waals surface area contributed by atoms with E-state index in [0.29, 0.717) is 26.4 Å². The number of Topliss-reactive ketones (excluding diaryl/α,β-unsaturated/α-hetero) is 1. The van der Waals surface area contributed by atoms with Crippen molar-refractivity contribution in [1.82, 2.24) is 0 Å². The lowest BCUT2D eigenvalue weighted by Gasteiger charge is -2.07. The van der Waals surface area contributed by atoms with Crippen LogP contribution in [0.3, 0.4) is 0 Å². The van der Waals surface area contributed by atoms with Crippen molar-refractivity contribution < 1.29 is 9.53 Å². The fourth-order valence-corrected chi connectivity index (χ4v) is 2.22. The van der Waals surface area contributed by atoms with Gasteiger partial charge < -0.3 is 4.74 Å². The molecule has 20 heavy (non-hydrogen) atoms. The van der Waals surface area contributed by atoms with Crippen LogP contribution in [0.1, 0.15) is 5.56 Å². The van der Waals surface area contributed by atoms with E-state index in [0.717, 1.165) is 0 Å². The molecule has 0 spiro atoms. The summed E-state index contributed by atoms with van der Waals surface area (Å²) in [5.74, 6) is 0.470. The number of benzene rings is 2. The molecule has 2 aromatic carbocycles. The van der Waals surface area contributed by atoms with E-state index in [-0.39, 0.29) is 18.8 Å². The molecule has 0 aliphatic heterocycles. The van der Waals surface area contributed by atoms with Crippen LogP contribution in [0.2, 0.25) is 15.1 Å². The number of hydrogen-bond donors (Lipinski definition) is 0. The Morgan fingerprint density at radius 1 is 1.00 bits per heavy atom. The minimum atomic E-state index is -0.0888. The standard InChI is InChI=1S/C15H11Cl3O2/c16-11-2-1-3-14(8-11)20-9-13(19)7-10-6-12(17)4-5-15(10)18/h1-6,8H,7,9H2. The average Bonchev–Trinajstić information content (AvgIpc) is 2.41. The Balaban J connectivity index is 1.94. The van der Waals surface area contributed by atoms with E-state index in [1.165, 1.54) is 0 Å². The Hall–Kier alpha value is -1.22. The third-order valence-corrected chi connectivity index (χ3v) is 3.43. The Labute approximate surface area is 132 Å². The lowest BCUT2D eigenvalue weighted by molar-refractivity contribution is -0.120. The van der Waals surface area contributed by atoms with Gasteiger partial charge in [0.05, 0.1) is 0 Å². The van der Waals surface area contributed by atoms with E-state index in [1.54, 1.807) is 42.5 Å². The zero-order valence-corrected chi connectivity index (χ0v) is 12.7. The number of hydrogen-bond acceptors (Lipinski definition) is 2. The molecule has 0 saturated heterocycles. The zero-order chi connectivity index (χ0) is 14.5. The van der Waals surface area contributed by atoms with Crippen molar-refractivity contribution in [3.8, 4) is 5.75 Å².